The molecule has 2 amide bonds. The minimum absolute atomic E-state index is 0.103. The standard InChI is InChI=1S/C23H26Cl2N2O3/c1-30-18-13-11-16(12-14-18)22(23(29)26-17-7-3-2-4-8-17)27(21(28)15-24)20-10-6-5-9-19(20)25/h5-6,9-14,17,22H,2-4,7-8,15H2,1H3,(H,26,29)/t22-/m1/s1. The number of carbonyl (C=O) groups is 2. The van der Waals surface area contributed by atoms with Gasteiger partial charge in [0.05, 0.1) is 17.8 Å². The number of alkyl halides is 1. The first kappa shape index (κ1) is 22.4. The molecule has 30 heavy (non-hydrogen) atoms. The van der Waals surface area contributed by atoms with Gasteiger partial charge in [-0.1, -0.05) is 55.1 Å². The van der Waals surface area contributed by atoms with E-state index in [1.165, 1.54) is 11.3 Å². The van der Waals surface area contributed by atoms with E-state index in [1.807, 2.05) is 0 Å². The highest BCUT2D eigenvalue weighted by atomic mass is 35.5. The Kier molecular flexibility index (Phi) is 8.00. The first-order valence-corrected chi connectivity index (χ1v) is 11.0. The molecule has 1 saturated carbocycles. The molecule has 0 aromatic heterocycles. The number of para-hydroxylation sites is 1. The van der Waals surface area contributed by atoms with E-state index in [2.05, 4.69) is 5.32 Å². The second kappa shape index (κ2) is 10.7. The van der Waals surface area contributed by atoms with Gasteiger partial charge in [-0.2, -0.15) is 0 Å². The highest BCUT2D eigenvalue weighted by molar-refractivity contribution is 6.35. The van der Waals surface area contributed by atoms with E-state index in [1.54, 1.807) is 55.6 Å². The number of hydrogen-bond donors (Lipinski definition) is 1. The molecule has 0 radical (unpaired) electrons. The van der Waals surface area contributed by atoms with Crippen molar-refractivity contribution in [3.8, 4) is 5.75 Å². The summed E-state index contributed by atoms with van der Waals surface area (Å²) in [5.41, 5.74) is 1.10. The highest BCUT2D eigenvalue weighted by Gasteiger charge is 2.34. The predicted molar refractivity (Wildman–Crippen MR) is 120 cm³/mol. The average molecular weight is 449 g/mol. The summed E-state index contributed by atoms with van der Waals surface area (Å²) in [6.07, 6.45) is 5.25. The van der Waals surface area contributed by atoms with Crippen LogP contribution in [-0.4, -0.2) is 30.8 Å². The molecule has 2 aromatic rings. The van der Waals surface area contributed by atoms with E-state index in [-0.39, 0.29) is 17.8 Å². The molecular formula is C23H26Cl2N2O3. The lowest BCUT2D eigenvalue weighted by molar-refractivity contribution is -0.126. The van der Waals surface area contributed by atoms with Crippen molar-refractivity contribution in [2.24, 2.45) is 0 Å². The third-order valence-corrected chi connectivity index (χ3v) is 5.93. The summed E-state index contributed by atoms with van der Waals surface area (Å²) < 4.78 is 5.24. The lowest BCUT2D eigenvalue weighted by Gasteiger charge is -2.33. The molecule has 1 N–H and O–H groups in total. The summed E-state index contributed by atoms with van der Waals surface area (Å²) in [7, 11) is 1.58. The Balaban J connectivity index is 2.03. The number of anilines is 1. The molecule has 0 saturated heterocycles. The smallest absolute Gasteiger partial charge is 0.248 e. The molecule has 160 valence electrons. The third-order valence-electron chi connectivity index (χ3n) is 5.38. The lowest BCUT2D eigenvalue weighted by Crippen LogP contribution is -2.47. The molecular weight excluding hydrogens is 423 g/mol. The number of benzene rings is 2. The van der Waals surface area contributed by atoms with Crippen LogP contribution in [0.25, 0.3) is 0 Å². The monoisotopic (exact) mass is 448 g/mol. The number of ether oxygens (including phenoxy) is 1. The SMILES string of the molecule is COc1ccc([C@H](C(=O)NC2CCCCC2)N(C(=O)CCl)c2ccccc2Cl)cc1. The topological polar surface area (TPSA) is 58.6 Å². The minimum Gasteiger partial charge on any atom is -0.497 e. The number of rotatable bonds is 7. The summed E-state index contributed by atoms with van der Waals surface area (Å²) >= 11 is 12.3. The number of halogens is 2. The van der Waals surface area contributed by atoms with Crippen molar-refractivity contribution in [3.05, 3.63) is 59.1 Å². The van der Waals surface area contributed by atoms with Gasteiger partial charge in [-0.05, 0) is 42.7 Å². The maximum atomic E-state index is 13.5. The molecule has 1 aliphatic rings. The highest BCUT2D eigenvalue weighted by Crippen LogP contribution is 2.34. The Bertz CT molecular complexity index is 867. The Hall–Kier alpha value is -2.24. The van der Waals surface area contributed by atoms with Crippen molar-refractivity contribution in [1.82, 2.24) is 5.32 Å². The van der Waals surface area contributed by atoms with Gasteiger partial charge >= 0.3 is 0 Å². The first-order valence-electron chi connectivity index (χ1n) is 10.1. The molecule has 1 atom stereocenters. The van der Waals surface area contributed by atoms with Crippen molar-refractivity contribution in [2.45, 2.75) is 44.2 Å². The predicted octanol–water partition coefficient (Wildman–Crippen LogP) is 5.11. The first-order chi connectivity index (χ1) is 14.5. The number of methoxy groups -OCH3 is 1. The molecule has 0 unspecified atom stereocenters. The Morgan fingerprint density at radius 1 is 1.10 bits per heavy atom. The lowest BCUT2D eigenvalue weighted by atomic mass is 9.94. The van der Waals surface area contributed by atoms with Gasteiger partial charge in [-0.3, -0.25) is 14.5 Å². The normalized spacial score (nSPS) is 15.3. The molecule has 0 bridgehead atoms. The summed E-state index contributed by atoms with van der Waals surface area (Å²) in [6, 6.07) is 13.3. The van der Waals surface area contributed by atoms with Crippen LogP contribution in [0.2, 0.25) is 5.02 Å². The fraction of sp³-hybridized carbons (Fsp3) is 0.391. The average Bonchev–Trinajstić information content (AvgIpc) is 2.78. The van der Waals surface area contributed by atoms with Gasteiger partial charge in [-0.25, -0.2) is 0 Å². The van der Waals surface area contributed by atoms with E-state index in [4.69, 9.17) is 27.9 Å². The van der Waals surface area contributed by atoms with E-state index in [9.17, 15) is 9.59 Å². The third kappa shape index (κ3) is 5.27. The van der Waals surface area contributed by atoms with Crippen molar-refractivity contribution in [1.29, 1.82) is 0 Å². The minimum atomic E-state index is -0.899. The van der Waals surface area contributed by atoms with Crippen molar-refractivity contribution >= 4 is 40.7 Å². The summed E-state index contributed by atoms with van der Waals surface area (Å²) in [4.78, 5) is 27.8. The quantitative estimate of drug-likeness (QED) is 0.598. The van der Waals surface area contributed by atoms with Crippen LogP contribution >= 0.6 is 23.2 Å². The van der Waals surface area contributed by atoms with Gasteiger partial charge in [0.15, 0.2) is 0 Å². The van der Waals surface area contributed by atoms with Gasteiger partial charge in [0.1, 0.15) is 17.7 Å². The van der Waals surface area contributed by atoms with Crippen LogP contribution in [-0.2, 0) is 9.59 Å². The van der Waals surface area contributed by atoms with Crippen LogP contribution in [0.4, 0.5) is 5.69 Å². The molecule has 0 spiro atoms. The number of nitrogens with one attached hydrogen (secondary N) is 1. The largest absolute Gasteiger partial charge is 0.497 e. The van der Waals surface area contributed by atoms with Gasteiger partial charge in [0, 0.05) is 6.04 Å². The van der Waals surface area contributed by atoms with E-state index >= 15 is 0 Å². The van der Waals surface area contributed by atoms with Gasteiger partial charge in [0.25, 0.3) is 0 Å². The van der Waals surface area contributed by atoms with Gasteiger partial charge in [-0.15, -0.1) is 11.6 Å². The zero-order valence-electron chi connectivity index (χ0n) is 16.9. The second-order valence-corrected chi connectivity index (χ2v) is 8.04. The molecule has 3 rings (SSSR count). The molecule has 5 nitrogen and oxygen atoms in total. The maximum Gasteiger partial charge on any atom is 0.248 e. The van der Waals surface area contributed by atoms with Gasteiger partial charge < -0.3 is 10.1 Å². The number of hydrogen-bond acceptors (Lipinski definition) is 3. The van der Waals surface area contributed by atoms with Crippen molar-refractivity contribution in [3.63, 3.8) is 0 Å². The van der Waals surface area contributed by atoms with Crippen LogP contribution < -0.4 is 15.0 Å². The van der Waals surface area contributed by atoms with Crippen molar-refractivity contribution in [2.75, 3.05) is 17.9 Å². The molecule has 1 aliphatic carbocycles. The molecule has 2 aromatic carbocycles. The van der Waals surface area contributed by atoms with E-state index < -0.39 is 11.9 Å². The Morgan fingerprint density at radius 3 is 2.37 bits per heavy atom. The van der Waals surface area contributed by atoms with Crippen molar-refractivity contribution < 1.29 is 14.3 Å². The Labute approximate surface area is 187 Å². The fourth-order valence-corrected chi connectivity index (χ4v) is 4.22. The summed E-state index contributed by atoms with van der Waals surface area (Å²) in [5, 5.41) is 3.52. The Morgan fingerprint density at radius 2 is 1.77 bits per heavy atom. The van der Waals surface area contributed by atoms with Gasteiger partial charge in [0.2, 0.25) is 11.8 Å². The number of nitrogens with zero attached hydrogens (tertiary/aromatic N) is 1. The van der Waals surface area contributed by atoms with Crippen LogP contribution in [0.15, 0.2) is 48.5 Å². The number of amides is 2. The fourth-order valence-electron chi connectivity index (χ4n) is 3.86. The van der Waals surface area contributed by atoms with Crippen LogP contribution in [0.5, 0.6) is 5.75 Å². The summed E-state index contributed by atoms with van der Waals surface area (Å²) in [6.45, 7) is 0. The molecule has 7 heteroatoms. The van der Waals surface area contributed by atoms with E-state index in [0.29, 0.717) is 22.0 Å². The molecule has 0 aliphatic heterocycles. The maximum absolute atomic E-state index is 13.5. The molecule has 0 heterocycles. The van der Waals surface area contributed by atoms with E-state index in [0.717, 1.165) is 25.7 Å². The van der Waals surface area contributed by atoms with Crippen LogP contribution in [0.3, 0.4) is 0 Å². The number of carbonyl (C=O) groups excluding carboxylic acids is 2. The second-order valence-electron chi connectivity index (χ2n) is 7.37. The van der Waals surface area contributed by atoms with Crippen LogP contribution in [0.1, 0.15) is 43.7 Å². The molecule has 1 fully saturated rings. The zero-order valence-corrected chi connectivity index (χ0v) is 18.5. The summed E-state index contributed by atoms with van der Waals surface area (Å²) in [5.74, 6) is -0.248. The van der Waals surface area contributed by atoms with Crippen LogP contribution in [0, 0.1) is 0 Å². The zero-order chi connectivity index (χ0) is 21.5.